The van der Waals surface area contributed by atoms with Crippen LogP contribution >= 0.6 is 35.7 Å². The Bertz CT molecular complexity index is 409. The first-order valence-corrected chi connectivity index (χ1v) is 10.0. The Hall–Kier alpha value is 0.1000. The van der Waals surface area contributed by atoms with Gasteiger partial charge in [0.25, 0.3) is 0 Å². The fraction of sp³-hybridized carbons (Fsp3) is 0.938. The summed E-state index contributed by atoms with van der Waals surface area (Å²) in [6.07, 6.45) is -0.255. The molecule has 0 aromatic heterocycles. The van der Waals surface area contributed by atoms with Gasteiger partial charge >= 0.3 is 6.18 Å². The van der Waals surface area contributed by atoms with Gasteiger partial charge in [-0.3, -0.25) is 9.89 Å². The Kier molecular flexibility index (Phi) is 10.2. The Morgan fingerprint density at radius 3 is 2.36 bits per heavy atom. The second kappa shape index (κ2) is 11.1. The van der Waals surface area contributed by atoms with Crippen molar-refractivity contribution in [3.05, 3.63) is 0 Å². The number of rotatable bonds is 6. The molecule has 0 amide bonds. The van der Waals surface area contributed by atoms with Crippen molar-refractivity contribution in [2.75, 3.05) is 44.2 Å². The van der Waals surface area contributed by atoms with E-state index in [0.717, 1.165) is 37.4 Å². The molecule has 4 nitrogen and oxygen atoms in total. The summed E-state index contributed by atoms with van der Waals surface area (Å²) in [5, 5.41) is 5.88. The molecule has 0 unspecified atom stereocenters. The number of alkyl halides is 3. The van der Waals surface area contributed by atoms with E-state index in [1.807, 2.05) is 18.7 Å². The second-order valence-electron chi connectivity index (χ2n) is 6.52. The molecular weight excluding hydrogens is 464 g/mol. The number of thioether (sulfide) groups is 1. The van der Waals surface area contributed by atoms with Crippen molar-refractivity contribution in [3.8, 4) is 0 Å². The van der Waals surface area contributed by atoms with E-state index in [9.17, 15) is 13.2 Å². The fourth-order valence-corrected chi connectivity index (χ4v) is 4.44. The summed E-state index contributed by atoms with van der Waals surface area (Å²) >= 11 is 1.99. The quantitative estimate of drug-likeness (QED) is 0.337. The number of nitrogens with zero attached hydrogens (tertiary/aromatic N) is 2. The Morgan fingerprint density at radius 1 is 1.16 bits per heavy atom. The van der Waals surface area contributed by atoms with Crippen LogP contribution in [0.3, 0.4) is 0 Å². The molecule has 2 N–H and O–H groups in total. The number of nitrogens with one attached hydrogen (secondary N) is 2. The lowest BCUT2D eigenvalue weighted by molar-refractivity contribution is -0.132. The van der Waals surface area contributed by atoms with E-state index in [1.165, 1.54) is 12.8 Å². The molecule has 0 aromatic rings. The zero-order valence-corrected chi connectivity index (χ0v) is 18.0. The highest BCUT2D eigenvalue weighted by atomic mass is 127. The summed E-state index contributed by atoms with van der Waals surface area (Å²) in [4.78, 5) is 7.21. The average Bonchev–Trinajstić information content (AvgIpc) is 3.02. The highest BCUT2D eigenvalue weighted by Crippen LogP contribution is 2.37. The minimum atomic E-state index is -4.14. The van der Waals surface area contributed by atoms with Crippen molar-refractivity contribution < 1.29 is 13.2 Å². The minimum Gasteiger partial charge on any atom is -0.357 e. The lowest BCUT2D eigenvalue weighted by Crippen LogP contribution is -2.53. The van der Waals surface area contributed by atoms with Crippen LogP contribution < -0.4 is 10.6 Å². The molecule has 2 fully saturated rings. The highest BCUT2D eigenvalue weighted by molar-refractivity contribution is 14.0. The van der Waals surface area contributed by atoms with Gasteiger partial charge in [0.1, 0.15) is 0 Å². The zero-order valence-electron chi connectivity index (χ0n) is 14.8. The number of aliphatic imine (C=N–C) groups is 1. The van der Waals surface area contributed by atoms with Gasteiger partial charge in [0, 0.05) is 43.2 Å². The molecular formula is C16H30F3IN4S. The highest BCUT2D eigenvalue weighted by Gasteiger charge is 2.39. The standard InChI is InChI=1S/C16H29F3N4S.HI/c1-2-20-14(21-8-7-16(17,18)19)22-13-15(5-3-4-6-15)23-9-11-24-12-10-23;/h2-13H2,1H3,(H2,20,21,22);1H. The summed E-state index contributed by atoms with van der Waals surface area (Å²) < 4.78 is 37.0. The molecule has 1 aliphatic carbocycles. The van der Waals surface area contributed by atoms with Gasteiger partial charge in [0.15, 0.2) is 5.96 Å². The maximum Gasteiger partial charge on any atom is 0.390 e. The maximum absolute atomic E-state index is 12.3. The molecule has 1 saturated heterocycles. The van der Waals surface area contributed by atoms with Crippen molar-refractivity contribution in [1.82, 2.24) is 15.5 Å². The van der Waals surface area contributed by atoms with E-state index >= 15 is 0 Å². The predicted octanol–water partition coefficient (Wildman–Crippen LogP) is 3.47. The first-order chi connectivity index (χ1) is 11.5. The SMILES string of the molecule is CCNC(=NCC1(N2CCSCC2)CCCC1)NCCC(F)(F)F.I. The molecule has 0 bridgehead atoms. The smallest absolute Gasteiger partial charge is 0.357 e. The number of hydrogen-bond donors (Lipinski definition) is 2. The Morgan fingerprint density at radius 2 is 1.80 bits per heavy atom. The van der Waals surface area contributed by atoms with E-state index in [-0.39, 0.29) is 36.1 Å². The largest absolute Gasteiger partial charge is 0.390 e. The summed E-state index contributed by atoms with van der Waals surface area (Å²) in [7, 11) is 0. The van der Waals surface area contributed by atoms with Gasteiger partial charge < -0.3 is 10.6 Å². The molecule has 148 valence electrons. The van der Waals surface area contributed by atoms with Gasteiger partial charge in [-0.15, -0.1) is 24.0 Å². The Labute approximate surface area is 170 Å². The van der Waals surface area contributed by atoms with Crippen molar-refractivity contribution in [1.29, 1.82) is 0 Å². The van der Waals surface area contributed by atoms with Crippen LogP contribution in [0.25, 0.3) is 0 Å². The van der Waals surface area contributed by atoms with Gasteiger partial charge in [0.05, 0.1) is 13.0 Å². The topological polar surface area (TPSA) is 39.7 Å². The summed E-state index contributed by atoms with van der Waals surface area (Å²) in [6, 6.07) is 0. The minimum absolute atomic E-state index is 0. The van der Waals surface area contributed by atoms with E-state index < -0.39 is 12.6 Å². The van der Waals surface area contributed by atoms with Crippen LogP contribution in [0.1, 0.15) is 39.0 Å². The molecule has 2 aliphatic rings. The monoisotopic (exact) mass is 494 g/mol. The van der Waals surface area contributed by atoms with Gasteiger partial charge in [-0.2, -0.15) is 24.9 Å². The van der Waals surface area contributed by atoms with Crippen LogP contribution in [0, 0.1) is 0 Å². The normalized spacial score (nSPS) is 21.7. The molecule has 2 rings (SSSR count). The zero-order chi connectivity index (χ0) is 17.5. The second-order valence-corrected chi connectivity index (χ2v) is 7.74. The summed E-state index contributed by atoms with van der Waals surface area (Å²) in [5.41, 5.74) is 0.105. The molecule has 1 saturated carbocycles. The molecule has 0 atom stereocenters. The van der Waals surface area contributed by atoms with E-state index in [2.05, 4.69) is 20.5 Å². The van der Waals surface area contributed by atoms with Crippen molar-refractivity contribution >= 4 is 41.7 Å². The van der Waals surface area contributed by atoms with E-state index in [1.54, 1.807) is 0 Å². The van der Waals surface area contributed by atoms with Crippen LogP contribution in [0.5, 0.6) is 0 Å². The fourth-order valence-electron chi connectivity index (χ4n) is 3.54. The number of halogens is 4. The third-order valence-corrected chi connectivity index (χ3v) is 5.74. The lowest BCUT2D eigenvalue weighted by Gasteiger charge is -2.42. The van der Waals surface area contributed by atoms with Crippen molar-refractivity contribution in [2.24, 2.45) is 4.99 Å². The summed E-state index contributed by atoms with van der Waals surface area (Å²) in [6.45, 7) is 5.29. The van der Waals surface area contributed by atoms with Crippen LogP contribution in [-0.4, -0.2) is 66.8 Å². The Balaban J connectivity index is 0.00000312. The van der Waals surface area contributed by atoms with E-state index in [0.29, 0.717) is 19.0 Å². The first-order valence-electron chi connectivity index (χ1n) is 8.87. The molecule has 1 aliphatic heterocycles. The van der Waals surface area contributed by atoms with Gasteiger partial charge in [-0.25, -0.2) is 0 Å². The molecule has 0 radical (unpaired) electrons. The molecule has 1 heterocycles. The molecule has 0 spiro atoms. The van der Waals surface area contributed by atoms with Crippen molar-refractivity contribution in [2.45, 2.75) is 50.7 Å². The number of guanidine groups is 1. The van der Waals surface area contributed by atoms with Crippen LogP contribution in [0.2, 0.25) is 0 Å². The maximum atomic E-state index is 12.3. The van der Waals surface area contributed by atoms with Crippen LogP contribution in [0.4, 0.5) is 13.2 Å². The third-order valence-electron chi connectivity index (χ3n) is 4.79. The third kappa shape index (κ3) is 7.70. The predicted molar refractivity (Wildman–Crippen MR) is 110 cm³/mol. The summed E-state index contributed by atoms with van der Waals surface area (Å²) in [5.74, 6) is 2.82. The molecule has 9 heteroatoms. The van der Waals surface area contributed by atoms with E-state index in [4.69, 9.17) is 0 Å². The number of hydrogen-bond acceptors (Lipinski definition) is 3. The lowest BCUT2D eigenvalue weighted by atomic mass is 9.95. The average molecular weight is 494 g/mol. The van der Waals surface area contributed by atoms with Gasteiger partial charge in [-0.05, 0) is 19.8 Å². The van der Waals surface area contributed by atoms with Gasteiger partial charge in [-0.1, -0.05) is 12.8 Å². The van der Waals surface area contributed by atoms with Crippen LogP contribution in [-0.2, 0) is 0 Å². The molecule has 25 heavy (non-hydrogen) atoms. The van der Waals surface area contributed by atoms with Crippen molar-refractivity contribution in [3.63, 3.8) is 0 Å². The van der Waals surface area contributed by atoms with Crippen LogP contribution in [0.15, 0.2) is 4.99 Å². The first kappa shape index (κ1) is 23.1. The van der Waals surface area contributed by atoms with Gasteiger partial charge in [0.2, 0.25) is 0 Å². The molecule has 0 aromatic carbocycles.